The molecule has 2 unspecified atom stereocenters. The van der Waals surface area contributed by atoms with Crippen molar-refractivity contribution in [1.29, 1.82) is 0 Å². The van der Waals surface area contributed by atoms with E-state index in [2.05, 4.69) is 10.1 Å². The van der Waals surface area contributed by atoms with E-state index in [4.69, 9.17) is 4.74 Å². The molecule has 23 heavy (non-hydrogen) atoms. The second-order valence-corrected chi connectivity index (χ2v) is 4.95. The number of nitrogens with one attached hydrogen (secondary N) is 1. The van der Waals surface area contributed by atoms with E-state index in [9.17, 15) is 19.7 Å². The van der Waals surface area contributed by atoms with Gasteiger partial charge in [-0.15, -0.1) is 0 Å². The molecular formula is C15H16N2O6. The number of fused-ring (bicyclic) bond motifs is 1. The molecule has 0 amide bonds. The number of ketones is 1. The van der Waals surface area contributed by atoms with Crippen molar-refractivity contribution in [2.75, 3.05) is 14.2 Å². The Bertz CT molecular complexity index is 697. The molecule has 1 heterocycles. The number of nitrogens with zero attached hydrogens (tertiary/aromatic N) is 1. The monoisotopic (exact) mass is 320 g/mol. The summed E-state index contributed by atoms with van der Waals surface area (Å²) in [6, 6.07) is 6.56. The highest BCUT2D eigenvalue weighted by molar-refractivity contribution is 5.99. The van der Waals surface area contributed by atoms with Gasteiger partial charge in [-0.25, -0.2) is 0 Å². The fourth-order valence-electron chi connectivity index (χ4n) is 2.66. The van der Waals surface area contributed by atoms with E-state index in [1.807, 2.05) is 0 Å². The molecule has 0 spiro atoms. The molecule has 1 N–H and O–H groups in total. The highest BCUT2D eigenvalue weighted by atomic mass is 16.6. The van der Waals surface area contributed by atoms with E-state index in [1.165, 1.54) is 14.0 Å². The van der Waals surface area contributed by atoms with Gasteiger partial charge in [-0.05, 0) is 13.0 Å². The Labute approximate surface area is 132 Å². The number of hydrogen-bond acceptors (Lipinski definition) is 7. The Morgan fingerprint density at radius 2 is 2.04 bits per heavy atom. The molecule has 0 saturated heterocycles. The maximum Gasteiger partial charge on any atom is 0.317 e. The van der Waals surface area contributed by atoms with E-state index in [-0.39, 0.29) is 11.6 Å². The fourth-order valence-corrected chi connectivity index (χ4v) is 2.66. The number of benzene rings is 1. The summed E-state index contributed by atoms with van der Waals surface area (Å²) < 4.78 is 10.2. The van der Waals surface area contributed by atoms with Gasteiger partial charge >= 0.3 is 11.7 Å². The zero-order chi connectivity index (χ0) is 17.1. The van der Waals surface area contributed by atoms with Gasteiger partial charge in [0.1, 0.15) is 23.4 Å². The molecule has 2 rings (SSSR count). The zero-order valence-electron chi connectivity index (χ0n) is 12.9. The van der Waals surface area contributed by atoms with Crippen LogP contribution >= 0.6 is 0 Å². The molecular weight excluding hydrogens is 304 g/mol. The lowest BCUT2D eigenvalue weighted by atomic mass is 9.80. The number of carbonyl (C=O) groups excluding carboxylic acids is 2. The summed E-state index contributed by atoms with van der Waals surface area (Å²) in [7, 11) is 2.60. The third-order valence-corrected chi connectivity index (χ3v) is 3.64. The van der Waals surface area contributed by atoms with Crippen LogP contribution in [0.25, 0.3) is 0 Å². The SMILES string of the molecule is CNC1=C([N+](=O)[O-])C(C(C(C)=O)C(=O)OC)c2ccccc2O1. The lowest BCUT2D eigenvalue weighted by Gasteiger charge is -2.28. The fraction of sp³-hybridized carbons (Fsp3) is 0.333. The molecule has 2 atom stereocenters. The van der Waals surface area contributed by atoms with E-state index in [0.717, 1.165) is 7.11 Å². The van der Waals surface area contributed by atoms with Gasteiger partial charge in [-0.2, -0.15) is 0 Å². The molecule has 0 aromatic heterocycles. The van der Waals surface area contributed by atoms with Crippen LogP contribution in [0.2, 0.25) is 0 Å². The smallest absolute Gasteiger partial charge is 0.317 e. The number of para-hydroxylation sites is 1. The van der Waals surface area contributed by atoms with Gasteiger partial charge in [0.2, 0.25) is 0 Å². The van der Waals surface area contributed by atoms with E-state index in [1.54, 1.807) is 24.3 Å². The minimum Gasteiger partial charge on any atom is -0.468 e. The Morgan fingerprint density at radius 1 is 1.39 bits per heavy atom. The number of methoxy groups -OCH3 is 1. The van der Waals surface area contributed by atoms with Crippen molar-refractivity contribution in [2.45, 2.75) is 12.8 Å². The minimum atomic E-state index is -1.33. The average molecular weight is 320 g/mol. The first-order valence-electron chi connectivity index (χ1n) is 6.83. The first-order chi connectivity index (χ1) is 10.9. The van der Waals surface area contributed by atoms with Crippen molar-refractivity contribution >= 4 is 11.8 Å². The third kappa shape index (κ3) is 2.87. The quantitative estimate of drug-likeness (QED) is 0.376. The molecule has 8 heteroatoms. The average Bonchev–Trinajstić information content (AvgIpc) is 2.53. The number of allylic oxidation sites excluding steroid dienone is 1. The van der Waals surface area contributed by atoms with Crippen LogP contribution < -0.4 is 10.1 Å². The lowest BCUT2D eigenvalue weighted by Crippen LogP contribution is -2.37. The molecule has 0 bridgehead atoms. The van der Waals surface area contributed by atoms with Crippen LogP contribution in [0.5, 0.6) is 5.75 Å². The van der Waals surface area contributed by atoms with Crippen LogP contribution in [0.1, 0.15) is 18.4 Å². The molecule has 1 aliphatic heterocycles. The van der Waals surface area contributed by atoms with Crippen molar-refractivity contribution in [3.05, 3.63) is 51.5 Å². The predicted octanol–water partition coefficient (Wildman–Crippen LogP) is 1.21. The highest BCUT2D eigenvalue weighted by Crippen LogP contribution is 2.43. The Balaban J connectivity index is 2.72. The molecule has 0 fully saturated rings. The van der Waals surface area contributed by atoms with Gasteiger partial charge in [0.15, 0.2) is 0 Å². The molecule has 0 aliphatic carbocycles. The van der Waals surface area contributed by atoms with Crippen LogP contribution in [-0.4, -0.2) is 30.8 Å². The Kier molecular flexibility index (Phi) is 4.63. The molecule has 0 radical (unpaired) electrons. The first kappa shape index (κ1) is 16.5. The zero-order valence-corrected chi connectivity index (χ0v) is 12.9. The Hall–Kier alpha value is -2.90. The van der Waals surface area contributed by atoms with Crippen molar-refractivity contribution in [2.24, 2.45) is 5.92 Å². The van der Waals surface area contributed by atoms with Gasteiger partial charge in [0.05, 0.1) is 12.0 Å². The van der Waals surface area contributed by atoms with Crippen molar-refractivity contribution in [1.82, 2.24) is 5.32 Å². The summed E-state index contributed by atoms with van der Waals surface area (Å²) in [5.41, 5.74) is 0.0144. The normalized spacial score (nSPS) is 17.6. The van der Waals surface area contributed by atoms with E-state index < -0.39 is 28.5 Å². The number of Topliss-reactive ketones (excluding diaryl/α,β-unsaturated/α-hetero) is 1. The van der Waals surface area contributed by atoms with Gasteiger partial charge in [0, 0.05) is 12.6 Å². The van der Waals surface area contributed by atoms with Gasteiger partial charge < -0.3 is 14.8 Å². The molecule has 0 saturated carbocycles. The van der Waals surface area contributed by atoms with Crippen LogP contribution in [0.15, 0.2) is 35.8 Å². The number of esters is 1. The molecule has 1 aromatic rings. The largest absolute Gasteiger partial charge is 0.468 e. The summed E-state index contributed by atoms with van der Waals surface area (Å²) in [6.07, 6.45) is 0. The number of rotatable bonds is 5. The standard InChI is InChI=1S/C15H16N2O6/c1-8(18)11(15(19)22-3)12-9-6-4-5-7-10(9)23-14(16-2)13(12)17(20)21/h4-7,11-12,16H,1-3H3. The number of ether oxygens (including phenoxy) is 2. The third-order valence-electron chi connectivity index (χ3n) is 3.64. The summed E-state index contributed by atoms with van der Waals surface area (Å²) in [6.45, 7) is 1.20. The Morgan fingerprint density at radius 3 is 2.57 bits per heavy atom. The van der Waals surface area contributed by atoms with Crippen molar-refractivity contribution in [3.8, 4) is 5.75 Å². The van der Waals surface area contributed by atoms with Crippen LogP contribution in [0.4, 0.5) is 0 Å². The predicted molar refractivity (Wildman–Crippen MR) is 79.1 cm³/mol. The maximum atomic E-state index is 12.1. The molecule has 122 valence electrons. The minimum absolute atomic E-state index is 0.103. The van der Waals surface area contributed by atoms with Crippen molar-refractivity contribution in [3.63, 3.8) is 0 Å². The van der Waals surface area contributed by atoms with Gasteiger partial charge in [-0.1, -0.05) is 18.2 Å². The van der Waals surface area contributed by atoms with Gasteiger partial charge in [-0.3, -0.25) is 19.7 Å². The lowest BCUT2D eigenvalue weighted by molar-refractivity contribution is -0.434. The summed E-state index contributed by atoms with van der Waals surface area (Å²) in [5, 5.41) is 14.2. The summed E-state index contributed by atoms with van der Waals surface area (Å²) in [4.78, 5) is 35.0. The van der Waals surface area contributed by atoms with E-state index in [0.29, 0.717) is 11.3 Å². The van der Waals surface area contributed by atoms with Crippen LogP contribution in [-0.2, 0) is 14.3 Å². The van der Waals surface area contributed by atoms with Crippen molar-refractivity contribution < 1.29 is 24.0 Å². The first-order valence-corrected chi connectivity index (χ1v) is 6.83. The van der Waals surface area contributed by atoms with Crippen LogP contribution in [0.3, 0.4) is 0 Å². The van der Waals surface area contributed by atoms with Crippen LogP contribution in [0, 0.1) is 16.0 Å². The number of hydrogen-bond donors (Lipinski definition) is 1. The second kappa shape index (κ2) is 6.47. The van der Waals surface area contributed by atoms with E-state index >= 15 is 0 Å². The molecule has 8 nitrogen and oxygen atoms in total. The topological polar surface area (TPSA) is 108 Å². The second-order valence-electron chi connectivity index (χ2n) is 4.95. The summed E-state index contributed by atoms with van der Waals surface area (Å²) in [5.74, 6) is -3.52. The molecule has 1 aliphatic rings. The molecule has 1 aromatic carbocycles. The number of nitro groups is 1. The number of carbonyl (C=O) groups is 2. The maximum absolute atomic E-state index is 12.1. The van der Waals surface area contributed by atoms with Gasteiger partial charge in [0.25, 0.3) is 5.88 Å². The highest BCUT2D eigenvalue weighted by Gasteiger charge is 2.48. The summed E-state index contributed by atoms with van der Waals surface area (Å²) >= 11 is 0.